The lowest BCUT2D eigenvalue weighted by Gasteiger charge is -2.07. The second kappa shape index (κ2) is 7.26. The van der Waals surface area contributed by atoms with Gasteiger partial charge in [0.05, 0.1) is 6.61 Å². The Morgan fingerprint density at radius 3 is 2.71 bits per heavy atom. The van der Waals surface area contributed by atoms with Gasteiger partial charge >= 0.3 is 5.97 Å². The maximum absolute atomic E-state index is 11.7. The van der Waals surface area contributed by atoms with Gasteiger partial charge in [-0.15, -0.1) is 10.2 Å². The van der Waals surface area contributed by atoms with Crippen LogP contribution in [0, 0.1) is 6.92 Å². The molecule has 2 aromatic rings. The summed E-state index contributed by atoms with van der Waals surface area (Å²) in [5, 5.41) is 7.95. The number of hydrogen-bond acceptors (Lipinski definition) is 6. The van der Waals surface area contributed by atoms with Crippen LogP contribution in [-0.2, 0) is 9.53 Å². The fourth-order valence-corrected chi connectivity index (χ4v) is 2.27. The molecule has 0 saturated heterocycles. The lowest BCUT2D eigenvalue weighted by molar-refractivity contribution is -0.142. The summed E-state index contributed by atoms with van der Waals surface area (Å²) in [6, 6.07) is 7.82. The van der Waals surface area contributed by atoms with Gasteiger partial charge in [0.25, 0.3) is 5.22 Å². The Bertz CT molecular complexity index is 595. The van der Waals surface area contributed by atoms with Crippen molar-refractivity contribution in [3.63, 3.8) is 0 Å². The summed E-state index contributed by atoms with van der Waals surface area (Å²) >= 11 is 1.21. The molecule has 1 heterocycles. The Morgan fingerprint density at radius 2 is 2.05 bits per heavy atom. The molecule has 21 heavy (non-hydrogen) atoms. The van der Waals surface area contributed by atoms with Gasteiger partial charge in [-0.1, -0.05) is 36.4 Å². The van der Waals surface area contributed by atoms with Gasteiger partial charge in [-0.3, -0.25) is 4.79 Å². The number of hydrogen-bond donors (Lipinski definition) is 0. The summed E-state index contributed by atoms with van der Waals surface area (Å²) in [7, 11) is 0. The van der Waals surface area contributed by atoms with Crippen molar-refractivity contribution in [3.05, 3.63) is 29.8 Å². The van der Waals surface area contributed by atoms with Crippen LogP contribution < -0.4 is 0 Å². The van der Waals surface area contributed by atoms with Crippen LogP contribution in [0.3, 0.4) is 0 Å². The SMILES string of the molecule is CCCOC(=O)C(C)Sc1nnc(-c2ccc(C)cc2)o1. The molecular weight excluding hydrogens is 288 g/mol. The minimum Gasteiger partial charge on any atom is -0.465 e. The molecule has 0 fully saturated rings. The molecule has 0 aliphatic heterocycles. The van der Waals surface area contributed by atoms with E-state index in [0.29, 0.717) is 17.7 Å². The largest absolute Gasteiger partial charge is 0.465 e. The Morgan fingerprint density at radius 1 is 1.33 bits per heavy atom. The van der Waals surface area contributed by atoms with Gasteiger partial charge in [0.2, 0.25) is 5.89 Å². The van der Waals surface area contributed by atoms with Gasteiger partial charge in [-0.25, -0.2) is 0 Å². The molecule has 1 unspecified atom stereocenters. The smallest absolute Gasteiger partial charge is 0.319 e. The number of rotatable bonds is 6. The zero-order valence-electron chi connectivity index (χ0n) is 12.3. The number of ether oxygens (including phenoxy) is 1. The monoisotopic (exact) mass is 306 g/mol. The topological polar surface area (TPSA) is 65.2 Å². The van der Waals surface area contributed by atoms with Gasteiger partial charge in [-0.2, -0.15) is 0 Å². The summed E-state index contributed by atoms with van der Waals surface area (Å²) in [4.78, 5) is 11.7. The number of benzene rings is 1. The van der Waals surface area contributed by atoms with Crippen LogP contribution in [0.2, 0.25) is 0 Å². The fraction of sp³-hybridized carbons (Fsp3) is 0.400. The van der Waals surface area contributed by atoms with Gasteiger partial charge in [-0.05, 0) is 32.4 Å². The molecule has 0 amide bonds. The predicted molar refractivity (Wildman–Crippen MR) is 81.0 cm³/mol. The van der Waals surface area contributed by atoms with Gasteiger partial charge < -0.3 is 9.15 Å². The van der Waals surface area contributed by atoms with Crippen LogP contribution in [0.25, 0.3) is 11.5 Å². The Labute approximate surface area is 128 Å². The predicted octanol–water partition coefficient (Wildman–Crippen LogP) is 3.48. The Hall–Kier alpha value is -1.82. The molecule has 112 valence electrons. The van der Waals surface area contributed by atoms with Crippen LogP contribution >= 0.6 is 11.8 Å². The van der Waals surface area contributed by atoms with Crippen molar-refractivity contribution < 1.29 is 13.9 Å². The zero-order valence-corrected chi connectivity index (χ0v) is 13.1. The van der Waals surface area contributed by atoms with E-state index >= 15 is 0 Å². The van der Waals surface area contributed by atoms with Gasteiger partial charge in [0, 0.05) is 5.56 Å². The molecule has 0 aliphatic rings. The van der Waals surface area contributed by atoms with Crippen LogP contribution in [0.15, 0.2) is 33.9 Å². The minimum atomic E-state index is -0.372. The number of nitrogens with zero attached hydrogens (tertiary/aromatic N) is 2. The van der Waals surface area contributed by atoms with Crippen molar-refractivity contribution in [2.24, 2.45) is 0 Å². The third-order valence-electron chi connectivity index (χ3n) is 2.76. The van der Waals surface area contributed by atoms with Crippen molar-refractivity contribution in [2.45, 2.75) is 37.7 Å². The lowest BCUT2D eigenvalue weighted by atomic mass is 10.1. The first-order valence-electron chi connectivity index (χ1n) is 6.84. The van der Waals surface area contributed by atoms with Crippen LogP contribution in [-0.4, -0.2) is 28.0 Å². The third kappa shape index (κ3) is 4.32. The number of esters is 1. The average molecular weight is 306 g/mol. The number of carbonyl (C=O) groups excluding carboxylic acids is 1. The van der Waals surface area contributed by atoms with Crippen molar-refractivity contribution >= 4 is 17.7 Å². The van der Waals surface area contributed by atoms with E-state index in [1.807, 2.05) is 38.1 Å². The third-order valence-corrected chi connectivity index (χ3v) is 3.68. The van der Waals surface area contributed by atoms with Crippen LogP contribution in [0.4, 0.5) is 0 Å². The van der Waals surface area contributed by atoms with E-state index in [-0.39, 0.29) is 11.2 Å². The molecule has 6 heteroatoms. The van der Waals surface area contributed by atoms with Crippen molar-refractivity contribution in [1.82, 2.24) is 10.2 Å². The molecule has 0 aliphatic carbocycles. The highest BCUT2D eigenvalue weighted by Gasteiger charge is 2.19. The summed E-state index contributed by atoms with van der Waals surface area (Å²) in [6.45, 7) is 6.17. The highest BCUT2D eigenvalue weighted by Crippen LogP contribution is 2.26. The molecule has 1 aromatic carbocycles. The summed E-state index contributed by atoms with van der Waals surface area (Å²) in [5.41, 5.74) is 2.03. The summed E-state index contributed by atoms with van der Waals surface area (Å²) in [6.07, 6.45) is 0.807. The summed E-state index contributed by atoms with van der Waals surface area (Å²) < 4.78 is 10.6. The standard InChI is InChI=1S/C15H18N2O3S/c1-4-9-19-14(18)11(3)21-15-17-16-13(20-15)12-7-5-10(2)6-8-12/h5-8,11H,4,9H2,1-3H3. The molecule has 0 spiro atoms. The quantitative estimate of drug-likeness (QED) is 0.601. The maximum Gasteiger partial charge on any atom is 0.319 e. The minimum absolute atomic E-state index is 0.267. The molecule has 0 N–H and O–H groups in total. The average Bonchev–Trinajstić information content (AvgIpc) is 2.93. The highest BCUT2D eigenvalue weighted by atomic mass is 32.2. The van der Waals surface area contributed by atoms with E-state index < -0.39 is 0 Å². The number of aromatic nitrogens is 2. The van der Waals surface area contributed by atoms with E-state index in [1.165, 1.54) is 17.3 Å². The van der Waals surface area contributed by atoms with Crippen molar-refractivity contribution in [2.75, 3.05) is 6.61 Å². The summed E-state index contributed by atoms with van der Waals surface area (Å²) in [5.74, 6) is 0.184. The van der Waals surface area contributed by atoms with Crippen LogP contribution in [0.5, 0.6) is 0 Å². The Kier molecular flexibility index (Phi) is 5.38. The molecule has 5 nitrogen and oxygen atoms in total. The van der Waals surface area contributed by atoms with E-state index in [4.69, 9.17) is 9.15 Å². The molecule has 1 aromatic heterocycles. The molecular formula is C15H18N2O3S. The number of carbonyl (C=O) groups is 1. The normalized spacial score (nSPS) is 12.1. The lowest BCUT2D eigenvalue weighted by Crippen LogP contribution is -2.17. The zero-order chi connectivity index (χ0) is 15.2. The number of aryl methyl sites for hydroxylation is 1. The van der Waals surface area contributed by atoms with Gasteiger partial charge in [0.15, 0.2) is 0 Å². The van der Waals surface area contributed by atoms with Crippen LogP contribution in [0.1, 0.15) is 25.8 Å². The van der Waals surface area contributed by atoms with E-state index in [9.17, 15) is 4.79 Å². The molecule has 0 bridgehead atoms. The maximum atomic E-state index is 11.7. The first kappa shape index (κ1) is 15.6. The molecule has 0 saturated carbocycles. The second-order valence-corrected chi connectivity index (χ2v) is 5.96. The van der Waals surface area contributed by atoms with Crippen molar-refractivity contribution in [1.29, 1.82) is 0 Å². The molecule has 2 rings (SSSR count). The molecule has 1 atom stereocenters. The van der Waals surface area contributed by atoms with E-state index in [0.717, 1.165) is 12.0 Å². The molecule has 0 radical (unpaired) electrons. The first-order chi connectivity index (χ1) is 10.1. The first-order valence-corrected chi connectivity index (χ1v) is 7.72. The van der Waals surface area contributed by atoms with E-state index in [1.54, 1.807) is 6.92 Å². The number of thioether (sulfide) groups is 1. The Balaban J connectivity index is 2.00. The van der Waals surface area contributed by atoms with E-state index in [2.05, 4.69) is 10.2 Å². The fourth-order valence-electron chi connectivity index (χ4n) is 1.59. The second-order valence-electron chi connectivity index (χ2n) is 4.67. The van der Waals surface area contributed by atoms with Gasteiger partial charge in [0.1, 0.15) is 5.25 Å². The van der Waals surface area contributed by atoms with Crippen molar-refractivity contribution in [3.8, 4) is 11.5 Å². The highest BCUT2D eigenvalue weighted by molar-refractivity contribution is 8.00.